The van der Waals surface area contributed by atoms with Crippen LogP contribution in [-0.4, -0.2) is 63.9 Å². The van der Waals surface area contributed by atoms with Crippen molar-refractivity contribution in [1.29, 1.82) is 0 Å². The lowest BCUT2D eigenvalue weighted by Gasteiger charge is -2.37. The highest BCUT2D eigenvalue weighted by Gasteiger charge is 2.32. The number of nitrogens with zero attached hydrogens (tertiary/aromatic N) is 4. The number of nitrogens with one attached hydrogen (secondary N) is 1. The van der Waals surface area contributed by atoms with E-state index in [0.717, 1.165) is 31.6 Å². The van der Waals surface area contributed by atoms with Gasteiger partial charge in [0.1, 0.15) is 11.9 Å². The lowest BCUT2D eigenvalue weighted by atomic mass is 10.1. The number of carbonyl (C=O) groups excluding carboxylic acids is 2. The Labute approximate surface area is 148 Å². The van der Waals surface area contributed by atoms with Gasteiger partial charge in [0.2, 0.25) is 11.8 Å². The van der Waals surface area contributed by atoms with Crippen molar-refractivity contribution in [2.75, 3.05) is 32.7 Å². The lowest BCUT2D eigenvalue weighted by molar-refractivity contribution is -0.142. The van der Waals surface area contributed by atoms with Crippen molar-refractivity contribution in [2.24, 2.45) is 7.05 Å². The fraction of sp³-hybridized carbons (Fsp3) is 0.688. The van der Waals surface area contributed by atoms with Crippen LogP contribution in [0.1, 0.15) is 37.5 Å². The first kappa shape index (κ1) is 18.7. The number of rotatable bonds is 3. The second-order valence-corrected chi connectivity index (χ2v) is 6.33. The predicted molar refractivity (Wildman–Crippen MR) is 92.8 cm³/mol. The highest BCUT2D eigenvalue weighted by molar-refractivity contribution is 5.85. The molecule has 0 saturated carbocycles. The third kappa shape index (κ3) is 4.08. The number of carbonyl (C=O) groups is 2. The summed E-state index contributed by atoms with van der Waals surface area (Å²) >= 11 is 0. The van der Waals surface area contributed by atoms with Gasteiger partial charge < -0.3 is 19.7 Å². The first-order valence-corrected chi connectivity index (χ1v) is 8.42. The Kier molecular flexibility index (Phi) is 6.62. The molecule has 1 aromatic rings. The van der Waals surface area contributed by atoms with Crippen LogP contribution < -0.4 is 5.32 Å². The maximum Gasteiger partial charge on any atom is 0.242 e. The molecule has 1 atom stereocenters. The number of aryl methyl sites for hydroxylation is 1. The van der Waals surface area contributed by atoms with E-state index in [1.807, 2.05) is 22.7 Å². The molecule has 2 saturated heterocycles. The number of hydrogen-bond acceptors (Lipinski definition) is 4. The summed E-state index contributed by atoms with van der Waals surface area (Å²) in [5, 5.41) is 3.33. The summed E-state index contributed by atoms with van der Waals surface area (Å²) in [7, 11) is 1.94. The molecule has 7 nitrogen and oxygen atoms in total. The molecule has 3 heterocycles. The molecule has 8 heteroatoms. The van der Waals surface area contributed by atoms with Gasteiger partial charge in [0, 0.05) is 52.0 Å². The number of likely N-dealkylation sites (tertiary alicyclic amines) is 1. The first-order chi connectivity index (χ1) is 11.2. The number of halogens is 1. The summed E-state index contributed by atoms with van der Waals surface area (Å²) in [6.07, 6.45) is 7.21. The van der Waals surface area contributed by atoms with Gasteiger partial charge in [0.05, 0.1) is 6.54 Å². The average Bonchev–Trinajstić information content (AvgIpc) is 2.88. The Balaban J connectivity index is 0.00000208. The Bertz CT molecular complexity index is 577. The lowest BCUT2D eigenvalue weighted by Crippen LogP contribution is -2.52. The van der Waals surface area contributed by atoms with Crippen LogP contribution in [0, 0.1) is 0 Å². The van der Waals surface area contributed by atoms with Gasteiger partial charge in [-0.3, -0.25) is 9.59 Å². The topological polar surface area (TPSA) is 70.5 Å². The smallest absolute Gasteiger partial charge is 0.242 e. The van der Waals surface area contributed by atoms with Gasteiger partial charge in [-0.15, -0.1) is 12.4 Å². The van der Waals surface area contributed by atoms with Gasteiger partial charge in [0.15, 0.2) is 0 Å². The first-order valence-electron chi connectivity index (χ1n) is 8.42. The summed E-state index contributed by atoms with van der Waals surface area (Å²) in [6, 6.07) is -0.0710. The number of hydrogen-bond donors (Lipinski definition) is 1. The highest BCUT2D eigenvalue weighted by Crippen LogP contribution is 2.21. The number of imidazole rings is 1. The zero-order chi connectivity index (χ0) is 16.2. The molecule has 0 aliphatic carbocycles. The van der Waals surface area contributed by atoms with Crippen molar-refractivity contribution in [3.8, 4) is 0 Å². The van der Waals surface area contributed by atoms with Gasteiger partial charge in [-0.1, -0.05) is 6.42 Å². The van der Waals surface area contributed by atoms with Crippen molar-refractivity contribution in [3.05, 3.63) is 18.2 Å². The number of amides is 2. The minimum atomic E-state index is -0.0710. The highest BCUT2D eigenvalue weighted by atomic mass is 35.5. The molecule has 2 aliphatic heterocycles. The Morgan fingerprint density at radius 3 is 2.92 bits per heavy atom. The van der Waals surface area contributed by atoms with Crippen molar-refractivity contribution in [2.45, 2.75) is 31.7 Å². The van der Waals surface area contributed by atoms with Gasteiger partial charge in [0.25, 0.3) is 0 Å². The molecule has 134 valence electrons. The van der Waals surface area contributed by atoms with Gasteiger partial charge in [-0.25, -0.2) is 4.98 Å². The molecule has 3 rings (SSSR count). The molecule has 24 heavy (non-hydrogen) atoms. The van der Waals surface area contributed by atoms with Crippen molar-refractivity contribution >= 4 is 24.2 Å². The van der Waals surface area contributed by atoms with Crippen LogP contribution in [0.4, 0.5) is 0 Å². The van der Waals surface area contributed by atoms with E-state index in [0.29, 0.717) is 26.1 Å². The van der Waals surface area contributed by atoms with E-state index in [1.165, 1.54) is 0 Å². The van der Waals surface area contributed by atoms with Crippen LogP contribution >= 0.6 is 12.4 Å². The van der Waals surface area contributed by atoms with Gasteiger partial charge >= 0.3 is 0 Å². The molecule has 1 unspecified atom stereocenters. The van der Waals surface area contributed by atoms with Crippen LogP contribution in [0.2, 0.25) is 0 Å². The van der Waals surface area contributed by atoms with Crippen LogP contribution in [0.15, 0.2) is 12.4 Å². The Hall–Kier alpha value is -1.60. The SMILES string of the molecule is Cl.Cn1ccnc1C1CNCCN1C(=O)CN1CCCCCC1=O. The third-order valence-electron chi connectivity index (χ3n) is 4.72. The average molecular weight is 356 g/mol. The minimum Gasteiger partial charge on any atom is -0.336 e. The minimum absolute atomic E-state index is 0. The molecule has 0 bridgehead atoms. The molecule has 2 fully saturated rings. The maximum atomic E-state index is 12.8. The molecule has 0 spiro atoms. The van der Waals surface area contributed by atoms with E-state index in [-0.39, 0.29) is 36.8 Å². The summed E-state index contributed by atoms with van der Waals surface area (Å²) < 4.78 is 1.95. The van der Waals surface area contributed by atoms with E-state index in [4.69, 9.17) is 0 Å². The van der Waals surface area contributed by atoms with Gasteiger partial charge in [-0.05, 0) is 12.8 Å². The Morgan fingerprint density at radius 1 is 1.33 bits per heavy atom. The maximum absolute atomic E-state index is 12.8. The van der Waals surface area contributed by atoms with Gasteiger partial charge in [-0.2, -0.15) is 0 Å². The standard InChI is InChI=1S/C16H25N5O2.ClH/c1-19-9-7-18-16(19)13-11-17-6-10-21(13)15(23)12-20-8-4-2-3-5-14(20)22;/h7,9,13,17H,2-6,8,10-12H2,1H3;1H. The fourth-order valence-corrected chi connectivity index (χ4v) is 3.39. The van der Waals surface area contributed by atoms with Crippen LogP contribution in [0.5, 0.6) is 0 Å². The fourth-order valence-electron chi connectivity index (χ4n) is 3.39. The van der Waals surface area contributed by atoms with E-state index in [2.05, 4.69) is 10.3 Å². The zero-order valence-corrected chi connectivity index (χ0v) is 14.9. The van der Waals surface area contributed by atoms with Crippen molar-refractivity contribution in [3.63, 3.8) is 0 Å². The second-order valence-electron chi connectivity index (χ2n) is 6.33. The second kappa shape index (κ2) is 8.48. The molecule has 0 radical (unpaired) electrons. The Morgan fingerprint density at radius 2 is 2.17 bits per heavy atom. The van der Waals surface area contributed by atoms with E-state index < -0.39 is 0 Å². The van der Waals surface area contributed by atoms with Crippen LogP contribution in [0.3, 0.4) is 0 Å². The molecule has 2 aliphatic rings. The molecule has 1 aromatic heterocycles. The molecule has 0 aromatic carbocycles. The molecule has 1 N–H and O–H groups in total. The van der Waals surface area contributed by atoms with Crippen molar-refractivity contribution in [1.82, 2.24) is 24.7 Å². The van der Waals surface area contributed by atoms with Crippen LogP contribution in [-0.2, 0) is 16.6 Å². The van der Waals surface area contributed by atoms with Crippen molar-refractivity contribution < 1.29 is 9.59 Å². The summed E-state index contributed by atoms with van der Waals surface area (Å²) in [5.41, 5.74) is 0. The predicted octanol–water partition coefficient (Wildman–Crippen LogP) is 0.717. The molecular formula is C16H26ClN5O2. The quantitative estimate of drug-likeness (QED) is 0.867. The van der Waals surface area contributed by atoms with E-state index in [1.54, 1.807) is 11.1 Å². The zero-order valence-electron chi connectivity index (χ0n) is 14.1. The van der Waals surface area contributed by atoms with Crippen LogP contribution in [0.25, 0.3) is 0 Å². The monoisotopic (exact) mass is 355 g/mol. The van der Waals surface area contributed by atoms with E-state index in [9.17, 15) is 9.59 Å². The number of piperazine rings is 1. The molecular weight excluding hydrogens is 330 g/mol. The molecule has 2 amide bonds. The van der Waals surface area contributed by atoms with E-state index >= 15 is 0 Å². The number of aromatic nitrogens is 2. The summed E-state index contributed by atoms with van der Waals surface area (Å²) in [6.45, 7) is 3.02. The third-order valence-corrected chi connectivity index (χ3v) is 4.72. The summed E-state index contributed by atoms with van der Waals surface area (Å²) in [5.74, 6) is 1.02. The summed E-state index contributed by atoms with van der Waals surface area (Å²) in [4.78, 5) is 32.9. The largest absolute Gasteiger partial charge is 0.336 e. The normalized spacial score (nSPS) is 22.0.